The molecule has 7 nitrogen and oxygen atoms in total. The summed E-state index contributed by atoms with van der Waals surface area (Å²) in [5, 5.41) is 14.8. The molecule has 0 spiro atoms. The number of hydrazone groups is 1. The summed E-state index contributed by atoms with van der Waals surface area (Å²) in [6.45, 7) is 1.92. The molecule has 5 rings (SSSR count). The van der Waals surface area contributed by atoms with Gasteiger partial charge in [-0.05, 0) is 55.0 Å². The molecule has 0 saturated carbocycles. The molecule has 2 aromatic heterocycles. The largest absolute Gasteiger partial charge is 0.383 e. The van der Waals surface area contributed by atoms with Crippen LogP contribution in [0.25, 0.3) is 11.3 Å². The van der Waals surface area contributed by atoms with E-state index in [1.165, 1.54) is 12.1 Å². The van der Waals surface area contributed by atoms with Gasteiger partial charge in [-0.1, -0.05) is 23.3 Å². The molecule has 1 unspecified atom stereocenters. The average molecular weight is 436 g/mol. The first-order chi connectivity index (χ1) is 16.1. The fourth-order valence-corrected chi connectivity index (χ4v) is 4.06. The number of nitriles is 1. The summed E-state index contributed by atoms with van der Waals surface area (Å²) in [6.07, 6.45) is 5.23. The van der Waals surface area contributed by atoms with Crippen LogP contribution in [0.5, 0.6) is 0 Å². The highest BCUT2D eigenvalue weighted by molar-refractivity contribution is 6.12. The zero-order valence-electron chi connectivity index (χ0n) is 17.7. The minimum Gasteiger partial charge on any atom is -0.383 e. The molecule has 160 valence electrons. The van der Waals surface area contributed by atoms with Gasteiger partial charge in [0.05, 0.1) is 23.2 Å². The van der Waals surface area contributed by atoms with E-state index in [0.717, 1.165) is 17.2 Å². The van der Waals surface area contributed by atoms with Crippen molar-refractivity contribution in [1.82, 2.24) is 14.5 Å². The van der Waals surface area contributed by atoms with Gasteiger partial charge in [-0.3, -0.25) is 0 Å². The zero-order valence-corrected chi connectivity index (χ0v) is 17.7. The third-order valence-corrected chi connectivity index (χ3v) is 5.56. The highest BCUT2D eigenvalue weighted by Gasteiger charge is 2.40. The molecule has 1 atom stereocenters. The number of pyridine rings is 1. The number of hydrogen-bond acceptors (Lipinski definition) is 5. The van der Waals surface area contributed by atoms with Gasteiger partial charge in [0.2, 0.25) is 0 Å². The van der Waals surface area contributed by atoms with E-state index >= 15 is 0 Å². The van der Waals surface area contributed by atoms with Gasteiger partial charge in [-0.15, -0.1) is 4.68 Å². The highest BCUT2D eigenvalue weighted by Crippen LogP contribution is 2.34. The molecule has 3 heterocycles. The Labute approximate surface area is 189 Å². The van der Waals surface area contributed by atoms with E-state index in [0.29, 0.717) is 16.8 Å². The van der Waals surface area contributed by atoms with Crippen molar-refractivity contribution in [2.75, 3.05) is 5.73 Å². The van der Waals surface area contributed by atoms with Crippen LogP contribution in [0.4, 0.5) is 15.9 Å². The van der Waals surface area contributed by atoms with Crippen molar-refractivity contribution in [1.29, 1.82) is 5.26 Å². The van der Waals surface area contributed by atoms with Crippen molar-refractivity contribution in [2.24, 2.45) is 5.10 Å². The van der Waals surface area contributed by atoms with Gasteiger partial charge < -0.3 is 5.73 Å². The fourth-order valence-electron chi connectivity index (χ4n) is 4.06. The molecular formula is C25H19FN7+. The average Bonchev–Trinajstić information content (AvgIpc) is 3.47. The monoisotopic (exact) mass is 436 g/mol. The van der Waals surface area contributed by atoms with Crippen LogP contribution < -0.4 is 5.73 Å². The van der Waals surface area contributed by atoms with Crippen LogP contribution in [-0.4, -0.2) is 30.8 Å². The molecule has 2 N–H and O–H groups in total. The Morgan fingerprint density at radius 2 is 1.88 bits per heavy atom. The number of hydrogen-bond donors (Lipinski definition) is 1. The summed E-state index contributed by atoms with van der Waals surface area (Å²) in [5.74, 6) is 0.195. The van der Waals surface area contributed by atoms with Crippen LogP contribution in [0.1, 0.15) is 24.0 Å². The molecule has 2 aromatic carbocycles. The second-order valence-corrected chi connectivity index (χ2v) is 7.63. The van der Waals surface area contributed by atoms with Crippen molar-refractivity contribution in [3.8, 4) is 17.3 Å². The molecular weight excluding hydrogens is 417 g/mol. The van der Waals surface area contributed by atoms with Crippen LogP contribution in [0, 0.1) is 17.1 Å². The molecule has 0 bridgehead atoms. The highest BCUT2D eigenvalue weighted by atomic mass is 19.1. The van der Waals surface area contributed by atoms with Crippen LogP contribution in [0.15, 0.2) is 84.5 Å². The summed E-state index contributed by atoms with van der Waals surface area (Å²) in [5.41, 5.74) is 10.1. The predicted octanol–water partition coefficient (Wildman–Crippen LogP) is 4.30. The van der Waals surface area contributed by atoms with E-state index in [-0.39, 0.29) is 23.1 Å². The summed E-state index contributed by atoms with van der Waals surface area (Å²) in [7, 11) is 0. The Balaban J connectivity index is 1.75. The first-order valence-corrected chi connectivity index (χ1v) is 10.3. The lowest BCUT2D eigenvalue weighted by Crippen LogP contribution is -2.27. The lowest BCUT2D eigenvalue weighted by Gasteiger charge is -2.15. The molecule has 4 aromatic rings. The summed E-state index contributed by atoms with van der Waals surface area (Å²) in [4.78, 5) is 8.63. The van der Waals surface area contributed by atoms with Crippen LogP contribution in [0.2, 0.25) is 0 Å². The van der Waals surface area contributed by atoms with Gasteiger partial charge in [-0.25, -0.2) is 14.4 Å². The standard InChI is InChI=1S/C25H19FN7/c1-16-23(25(32-12-11-29-15-32)33(31-16)19-5-3-2-4-6-19)20-13-22(30-24(28)21(20)14-27)17-7-9-18(26)10-8-17/h2-13,15,23H,1H3,(H2,28,30)/q+1. The number of nitrogen functional groups attached to an aromatic ring is 1. The number of imidazole rings is 1. The van der Waals surface area contributed by atoms with Crippen molar-refractivity contribution >= 4 is 23.1 Å². The quantitative estimate of drug-likeness (QED) is 0.484. The van der Waals surface area contributed by atoms with Crippen molar-refractivity contribution in [2.45, 2.75) is 12.8 Å². The smallest absolute Gasteiger partial charge is 0.301 e. The zero-order chi connectivity index (χ0) is 22.9. The van der Waals surface area contributed by atoms with Crippen molar-refractivity contribution in [3.05, 3.63) is 96.3 Å². The number of benzene rings is 2. The lowest BCUT2D eigenvalue weighted by molar-refractivity contribution is -0.444. The van der Waals surface area contributed by atoms with Gasteiger partial charge in [0.1, 0.15) is 29.8 Å². The Kier molecular flexibility index (Phi) is 4.99. The van der Waals surface area contributed by atoms with Gasteiger partial charge in [0.15, 0.2) is 12.0 Å². The maximum absolute atomic E-state index is 13.5. The lowest BCUT2D eigenvalue weighted by atomic mass is 9.89. The Bertz CT molecular complexity index is 1430. The van der Waals surface area contributed by atoms with Gasteiger partial charge >= 0.3 is 5.84 Å². The topological polar surface area (TPSA) is 95.9 Å². The molecule has 33 heavy (non-hydrogen) atoms. The first kappa shape index (κ1) is 20.3. The number of anilines is 1. The number of nitrogens with two attached hydrogens (primary N) is 1. The molecule has 0 aliphatic carbocycles. The minimum atomic E-state index is -0.376. The summed E-state index contributed by atoms with van der Waals surface area (Å²) >= 11 is 0. The van der Waals surface area contributed by atoms with Crippen LogP contribution in [-0.2, 0) is 0 Å². The molecule has 0 saturated heterocycles. The van der Waals surface area contributed by atoms with Gasteiger partial charge in [0.25, 0.3) is 0 Å². The first-order valence-electron chi connectivity index (χ1n) is 10.3. The predicted molar refractivity (Wildman–Crippen MR) is 124 cm³/mol. The fraction of sp³-hybridized carbons (Fsp3) is 0.0800. The SMILES string of the molecule is CC1=N[N+](c2ccccc2)=C(n2ccnc2)C1c1cc(-c2ccc(F)cc2)nc(N)c1C#N. The Morgan fingerprint density at radius 3 is 2.55 bits per heavy atom. The van der Waals surface area contributed by atoms with E-state index in [9.17, 15) is 9.65 Å². The second-order valence-electron chi connectivity index (χ2n) is 7.63. The number of aromatic nitrogens is 3. The van der Waals surface area contributed by atoms with E-state index in [2.05, 4.69) is 16.0 Å². The molecule has 0 amide bonds. The third kappa shape index (κ3) is 3.55. The maximum atomic E-state index is 13.5. The third-order valence-electron chi connectivity index (χ3n) is 5.56. The molecule has 0 radical (unpaired) electrons. The summed E-state index contributed by atoms with van der Waals surface area (Å²) in [6, 6.07) is 19.8. The summed E-state index contributed by atoms with van der Waals surface area (Å²) < 4.78 is 17.2. The van der Waals surface area contributed by atoms with Gasteiger partial charge in [0, 0.05) is 5.56 Å². The van der Waals surface area contributed by atoms with Gasteiger partial charge in [-0.2, -0.15) is 9.83 Å². The number of nitrogens with zero attached hydrogens (tertiary/aromatic N) is 6. The maximum Gasteiger partial charge on any atom is 0.301 e. The number of rotatable bonds is 3. The van der Waals surface area contributed by atoms with Crippen molar-refractivity contribution in [3.63, 3.8) is 0 Å². The van der Waals surface area contributed by atoms with E-state index in [4.69, 9.17) is 10.8 Å². The number of halogens is 1. The minimum absolute atomic E-state index is 0.116. The molecule has 1 aliphatic rings. The molecule has 0 fully saturated rings. The van der Waals surface area contributed by atoms with E-state index in [1.54, 1.807) is 24.7 Å². The van der Waals surface area contributed by atoms with Crippen LogP contribution in [0.3, 0.4) is 0 Å². The molecule has 8 heteroatoms. The Morgan fingerprint density at radius 1 is 1.12 bits per heavy atom. The van der Waals surface area contributed by atoms with E-state index < -0.39 is 0 Å². The normalized spacial score (nSPS) is 15.4. The Hall–Kier alpha value is -4.64. The van der Waals surface area contributed by atoms with E-state index in [1.807, 2.05) is 58.8 Å². The number of para-hydroxylation sites is 1. The molecule has 1 aliphatic heterocycles. The van der Waals surface area contributed by atoms with Crippen molar-refractivity contribution < 1.29 is 9.07 Å². The second kappa shape index (κ2) is 8.13. The van der Waals surface area contributed by atoms with Crippen LogP contribution >= 0.6 is 0 Å².